The lowest BCUT2D eigenvalue weighted by molar-refractivity contribution is -0.150. The summed E-state index contributed by atoms with van der Waals surface area (Å²) < 4.78 is 1.40. The Morgan fingerprint density at radius 1 is 1.38 bits per heavy atom. The van der Waals surface area contributed by atoms with Crippen LogP contribution in [0.4, 0.5) is 0 Å². The average Bonchev–Trinajstić information content (AvgIpc) is 2.96. The first kappa shape index (κ1) is 16.6. The molecule has 0 saturated heterocycles. The van der Waals surface area contributed by atoms with Crippen molar-refractivity contribution in [2.75, 3.05) is 6.54 Å². The van der Waals surface area contributed by atoms with E-state index >= 15 is 0 Å². The highest BCUT2D eigenvalue weighted by Gasteiger charge is 2.40. The predicted molar refractivity (Wildman–Crippen MR) is 89.6 cm³/mol. The molecule has 2 N–H and O–H groups in total. The summed E-state index contributed by atoms with van der Waals surface area (Å²) in [6.45, 7) is 1.81. The Labute approximate surface area is 142 Å². The van der Waals surface area contributed by atoms with Crippen molar-refractivity contribution in [2.24, 2.45) is 5.41 Å². The monoisotopic (exact) mass is 349 g/mol. The Morgan fingerprint density at radius 3 is 2.75 bits per heavy atom. The van der Waals surface area contributed by atoms with Gasteiger partial charge in [-0.25, -0.2) is 4.98 Å². The summed E-state index contributed by atoms with van der Waals surface area (Å²) >= 11 is 1.33. The van der Waals surface area contributed by atoms with Crippen LogP contribution in [0.2, 0.25) is 0 Å². The van der Waals surface area contributed by atoms with Crippen LogP contribution in [0.1, 0.15) is 48.2 Å². The van der Waals surface area contributed by atoms with E-state index in [2.05, 4.69) is 10.3 Å². The van der Waals surface area contributed by atoms with Crippen molar-refractivity contribution in [3.05, 3.63) is 33.2 Å². The van der Waals surface area contributed by atoms with E-state index in [0.29, 0.717) is 17.8 Å². The van der Waals surface area contributed by atoms with Gasteiger partial charge >= 0.3 is 5.97 Å². The van der Waals surface area contributed by atoms with E-state index in [0.717, 1.165) is 25.0 Å². The molecule has 0 spiro atoms. The van der Waals surface area contributed by atoms with Gasteiger partial charge in [0.05, 0.1) is 5.41 Å². The van der Waals surface area contributed by atoms with Gasteiger partial charge in [-0.05, 0) is 19.8 Å². The fourth-order valence-corrected chi connectivity index (χ4v) is 4.05. The van der Waals surface area contributed by atoms with E-state index in [1.807, 2.05) is 0 Å². The van der Waals surface area contributed by atoms with Gasteiger partial charge in [-0.15, -0.1) is 11.3 Å². The second-order valence-electron chi connectivity index (χ2n) is 6.30. The number of rotatable bonds is 4. The average molecular weight is 349 g/mol. The molecular weight excluding hydrogens is 330 g/mol. The molecule has 0 radical (unpaired) electrons. The minimum Gasteiger partial charge on any atom is -0.481 e. The topological polar surface area (TPSA) is 101 Å². The van der Waals surface area contributed by atoms with E-state index in [9.17, 15) is 19.5 Å². The highest BCUT2D eigenvalue weighted by Crippen LogP contribution is 2.36. The van der Waals surface area contributed by atoms with Crippen molar-refractivity contribution < 1.29 is 14.7 Å². The molecule has 128 valence electrons. The van der Waals surface area contributed by atoms with E-state index in [1.165, 1.54) is 21.9 Å². The standard InChI is InChI=1S/C16H19N3O4S/c1-10-8-24-15-17-7-11(13(21)19(10)15)12(20)18-9-16(14(22)23)5-3-2-4-6-16/h7-8H,2-6,9H2,1H3,(H,18,20)(H,22,23). The molecule has 0 bridgehead atoms. The second-order valence-corrected chi connectivity index (χ2v) is 7.14. The van der Waals surface area contributed by atoms with Crippen LogP contribution in [0.25, 0.3) is 4.96 Å². The van der Waals surface area contributed by atoms with Crippen LogP contribution in [0.5, 0.6) is 0 Å². The molecule has 1 amide bonds. The Balaban J connectivity index is 1.82. The fourth-order valence-electron chi connectivity index (χ4n) is 3.22. The van der Waals surface area contributed by atoms with Gasteiger partial charge in [-0.1, -0.05) is 19.3 Å². The minimum atomic E-state index is -0.931. The van der Waals surface area contributed by atoms with Crippen molar-refractivity contribution in [2.45, 2.75) is 39.0 Å². The number of carboxylic acids is 1. The quantitative estimate of drug-likeness (QED) is 0.877. The summed E-state index contributed by atoms with van der Waals surface area (Å²) in [5.74, 6) is -1.46. The number of amides is 1. The zero-order valence-electron chi connectivity index (χ0n) is 13.4. The third-order valence-electron chi connectivity index (χ3n) is 4.71. The van der Waals surface area contributed by atoms with Crippen LogP contribution in [0, 0.1) is 12.3 Å². The number of carbonyl (C=O) groups excluding carboxylic acids is 1. The first-order valence-corrected chi connectivity index (χ1v) is 8.80. The molecule has 1 fully saturated rings. The summed E-state index contributed by atoms with van der Waals surface area (Å²) in [7, 11) is 0. The molecule has 24 heavy (non-hydrogen) atoms. The molecule has 2 heterocycles. The largest absolute Gasteiger partial charge is 0.481 e. The van der Waals surface area contributed by atoms with Gasteiger partial charge in [0.25, 0.3) is 11.5 Å². The number of aliphatic carboxylic acids is 1. The zero-order valence-corrected chi connectivity index (χ0v) is 14.2. The number of carboxylic acid groups (broad SMARTS) is 1. The Hall–Kier alpha value is -2.22. The maximum absolute atomic E-state index is 12.5. The first-order valence-electron chi connectivity index (χ1n) is 7.92. The van der Waals surface area contributed by atoms with Crippen molar-refractivity contribution in [3.63, 3.8) is 0 Å². The molecule has 3 rings (SSSR count). The number of nitrogens with zero attached hydrogens (tertiary/aromatic N) is 2. The molecule has 0 aliphatic heterocycles. The smallest absolute Gasteiger partial charge is 0.311 e. The zero-order chi connectivity index (χ0) is 17.3. The molecular formula is C16H19N3O4S. The van der Waals surface area contributed by atoms with Crippen molar-refractivity contribution >= 4 is 28.2 Å². The summed E-state index contributed by atoms with van der Waals surface area (Å²) in [5, 5.41) is 14.0. The van der Waals surface area contributed by atoms with Gasteiger partial charge in [0.1, 0.15) is 5.56 Å². The SMILES string of the molecule is Cc1csc2ncc(C(=O)NCC3(C(=O)O)CCCCC3)c(=O)n12. The molecule has 0 unspecified atom stereocenters. The van der Waals surface area contributed by atoms with Gasteiger partial charge in [0.15, 0.2) is 4.96 Å². The lowest BCUT2D eigenvalue weighted by Gasteiger charge is -2.33. The normalized spacial score (nSPS) is 16.9. The van der Waals surface area contributed by atoms with Crippen LogP contribution in [-0.2, 0) is 4.79 Å². The summed E-state index contributed by atoms with van der Waals surface area (Å²) in [6.07, 6.45) is 5.05. The number of nitrogens with one attached hydrogen (secondary N) is 1. The second kappa shape index (κ2) is 6.35. The minimum absolute atomic E-state index is 0.0337. The molecule has 1 aliphatic carbocycles. The van der Waals surface area contributed by atoms with Crippen LogP contribution in [0.3, 0.4) is 0 Å². The van der Waals surface area contributed by atoms with Gasteiger partial charge < -0.3 is 10.4 Å². The molecule has 0 aromatic carbocycles. The van der Waals surface area contributed by atoms with Crippen molar-refractivity contribution in [3.8, 4) is 0 Å². The van der Waals surface area contributed by atoms with E-state index in [-0.39, 0.29) is 12.1 Å². The molecule has 0 atom stereocenters. The third kappa shape index (κ3) is 2.82. The molecule has 2 aromatic heterocycles. The highest BCUT2D eigenvalue weighted by molar-refractivity contribution is 7.15. The third-order valence-corrected chi connectivity index (χ3v) is 5.67. The van der Waals surface area contributed by atoms with Crippen LogP contribution in [0.15, 0.2) is 16.4 Å². The number of aryl methyl sites for hydroxylation is 1. The van der Waals surface area contributed by atoms with E-state index < -0.39 is 22.9 Å². The molecule has 1 saturated carbocycles. The van der Waals surface area contributed by atoms with E-state index in [4.69, 9.17) is 0 Å². The van der Waals surface area contributed by atoms with Gasteiger partial charge in [-0.2, -0.15) is 0 Å². The van der Waals surface area contributed by atoms with Crippen LogP contribution >= 0.6 is 11.3 Å². The number of thiazole rings is 1. The lowest BCUT2D eigenvalue weighted by Crippen LogP contribution is -2.45. The summed E-state index contributed by atoms with van der Waals surface area (Å²) in [5.41, 5.74) is -0.703. The maximum atomic E-state index is 12.5. The fraction of sp³-hybridized carbons (Fsp3) is 0.500. The maximum Gasteiger partial charge on any atom is 0.311 e. The summed E-state index contributed by atoms with van der Waals surface area (Å²) in [6, 6.07) is 0. The van der Waals surface area contributed by atoms with Crippen LogP contribution in [-0.4, -0.2) is 32.9 Å². The highest BCUT2D eigenvalue weighted by atomic mass is 32.1. The first-order chi connectivity index (χ1) is 11.4. The molecule has 7 nitrogen and oxygen atoms in total. The van der Waals surface area contributed by atoms with E-state index in [1.54, 1.807) is 12.3 Å². The number of aromatic nitrogens is 2. The Morgan fingerprint density at radius 2 is 2.08 bits per heavy atom. The Bertz CT molecular complexity index is 849. The number of carbonyl (C=O) groups is 2. The molecule has 2 aromatic rings. The van der Waals surface area contributed by atoms with Crippen molar-refractivity contribution in [1.82, 2.24) is 14.7 Å². The van der Waals surface area contributed by atoms with Crippen molar-refractivity contribution in [1.29, 1.82) is 0 Å². The van der Waals surface area contributed by atoms with Crippen LogP contribution < -0.4 is 10.9 Å². The summed E-state index contributed by atoms with van der Waals surface area (Å²) in [4.78, 5) is 41.2. The van der Waals surface area contributed by atoms with Gasteiger partial charge in [0.2, 0.25) is 0 Å². The number of fused-ring (bicyclic) bond motifs is 1. The predicted octanol–water partition coefficient (Wildman–Crippen LogP) is 1.83. The Kier molecular flexibility index (Phi) is 4.40. The lowest BCUT2D eigenvalue weighted by atomic mass is 9.74. The molecule has 8 heteroatoms. The van der Waals surface area contributed by atoms with Gasteiger partial charge in [-0.3, -0.25) is 18.8 Å². The number of hydrogen-bond acceptors (Lipinski definition) is 5. The van der Waals surface area contributed by atoms with Gasteiger partial charge in [0, 0.05) is 23.8 Å². The number of hydrogen-bond donors (Lipinski definition) is 2. The molecule has 1 aliphatic rings.